The zero-order valence-corrected chi connectivity index (χ0v) is 14.7. The maximum atomic E-state index is 12.0. The zero-order chi connectivity index (χ0) is 16.6. The van der Waals surface area contributed by atoms with Gasteiger partial charge >= 0.3 is 6.09 Å². The lowest BCUT2D eigenvalue weighted by Gasteiger charge is -2.29. The summed E-state index contributed by atoms with van der Waals surface area (Å²) in [6.07, 6.45) is 5.60. The number of hydrogen-bond donors (Lipinski definition) is 1. The molecule has 0 fully saturated rings. The molecule has 0 unspecified atom stereocenters. The Morgan fingerprint density at radius 2 is 1.76 bits per heavy atom. The molecule has 0 aromatic rings. The van der Waals surface area contributed by atoms with Crippen molar-refractivity contribution < 1.29 is 14.6 Å². The van der Waals surface area contributed by atoms with E-state index < -0.39 is 5.60 Å². The Hall–Kier alpha value is -1.03. The van der Waals surface area contributed by atoms with Crippen LogP contribution in [0.2, 0.25) is 0 Å². The molecule has 0 aromatic heterocycles. The number of carbonyl (C=O) groups is 1. The number of aliphatic hydroxyl groups is 1. The molecule has 0 radical (unpaired) electrons. The van der Waals surface area contributed by atoms with E-state index in [1.165, 1.54) is 6.26 Å². The predicted octanol–water partition coefficient (Wildman–Crippen LogP) is 4.33. The van der Waals surface area contributed by atoms with Gasteiger partial charge < -0.3 is 14.7 Å². The third kappa shape index (κ3) is 6.98. The summed E-state index contributed by atoms with van der Waals surface area (Å²) in [4.78, 5) is 13.7. The summed E-state index contributed by atoms with van der Waals surface area (Å²) < 4.78 is 5.19. The Kier molecular flexibility index (Phi) is 8.64. The molecule has 1 N–H and O–H groups in total. The molecule has 0 heterocycles. The molecule has 2 atom stereocenters. The van der Waals surface area contributed by atoms with Crippen molar-refractivity contribution in [2.45, 2.75) is 85.4 Å². The summed E-state index contributed by atoms with van der Waals surface area (Å²) in [5.41, 5.74) is -0.769. The van der Waals surface area contributed by atoms with Gasteiger partial charge in [0, 0.05) is 18.0 Å². The van der Waals surface area contributed by atoms with Crippen LogP contribution in [0.4, 0.5) is 4.79 Å². The molecule has 21 heavy (non-hydrogen) atoms. The highest BCUT2D eigenvalue weighted by Crippen LogP contribution is 2.24. The van der Waals surface area contributed by atoms with Crippen LogP contribution >= 0.6 is 0 Å². The summed E-state index contributed by atoms with van der Waals surface area (Å²) in [5, 5.41) is 10.4. The van der Waals surface area contributed by atoms with Crippen molar-refractivity contribution in [1.29, 1.82) is 0 Å². The topological polar surface area (TPSA) is 49.8 Å². The Labute approximate surface area is 130 Å². The van der Waals surface area contributed by atoms with Gasteiger partial charge in [-0.05, 0) is 47.1 Å². The van der Waals surface area contributed by atoms with Crippen LogP contribution in [0.1, 0.15) is 67.7 Å². The zero-order valence-electron chi connectivity index (χ0n) is 14.7. The van der Waals surface area contributed by atoms with Gasteiger partial charge in [0.25, 0.3) is 0 Å². The van der Waals surface area contributed by atoms with E-state index in [0.717, 1.165) is 19.3 Å². The van der Waals surface area contributed by atoms with E-state index in [2.05, 4.69) is 6.92 Å². The molecule has 1 amide bonds. The molecule has 0 aliphatic heterocycles. The summed E-state index contributed by atoms with van der Waals surface area (Å²) in [6, 6.07) is 0.187. The fourth-order valence-corrected chi connectivity index (χ4v) is 2.26. The molecule has 0 bridgehead atoms. The van der Waals surface area contributed by atoms with Gasteiger partial charge in [0.2, 0.25) is 0 Å². The van der Waals surface area contributed by atoms with Crippen LogP contribution < -0.4 is 0 Å². The fraction of sp³-hybridized carbons (Fsp3) is 0.824. The lowest BCUT2D eigenvalue weighted by molar-refractivity contribution is 0.0131. The van der Waals surface area contributed by atoms with Crippen molar-refractivity contribution in [2.75, 3.05) is 0 Å². The van der Waals surface area contributed by atoms with Crippen molar-refractivity contribution in [3.05, 3.63) is 12.3 Å². The average Bonchev–Trinajstić information content (AvgIpc) is 2.35. The van der Waals surface area contributed by atoms with Crippen LogP contribution in [0.3, 0.4) is 0 Å². The minimum atomic E-state index is -0.769. The molecule has 0 saturated heterocycles. The normalized spacial score (nSPS) is 16.3. The van der Waals surface area contributed by atoms with Crippen molar-refractivity contribution in [3.63, 3.8) is 0 Å². The number of ether oxygens (including phenoxy) is 1. The van der Waals surface area contributed by atoms with E-state index >= 15 is 0 Å². The highest BCUT2D eigenvalue weighted by Gasteiger charge is 2.26. The summed E-state index contributed by atoms with van der Waals surface area (Å²) in [7, 11) is 0. The van der Waals surface area contributed by atoms with E-state index in [1.54, 1.807) is 11.0 Å². The monoisotopic (exact) mass is 299 g/mol. The minimum absolute atomic E-state index is 0.0663. The molecular weight excluding hydrogens is 266 g/mol. The van der Waals surface area contributed by atoms with Crippen LogP contribution in [0.5, 0.6) is 0 Å². The van der Waals surface area contributed by atoms with E-state index in [4.69, 9.17) is 4.74 Å². The largest absolute Gasteiger partial charge is 0.418 e. The first-order valence-electron chi connectivity index (χ1n) is 8.01. The fourth-order valence-electron chi connectivity index (χ4n) is 2.26. The predicted molar refractivity (Wildman–Crippen MR) is 87.0 cm³/mol. The van der Waals surface area contributed by atoms with Gasteiger partial charge in [-0.2, -0.15) is 0 Å². The highest BCUT2D eigenvalue weighted by molar-refractivity contribution is 5.68. The van der Waals surface area contributed by atoms with Gasteiger partial charge in [-0.1, -0.05) is 26.7 Å². The van der Waals surface area contributed by atoms with Gasteiger partial charge in [-0.3, -0.25) is 0 Å². The first kappa shape index (κ1) is 20.0. The van der Waals surface area contributed by atoms with Gasteiger partial charge in [-0.25, -0.2) is 4.79 Å². The number of amides is 1. The second-order valence-electron chi connectivity index (χ2n) is 6.56. The standard InChI is InChI=1S/C17H33NO3/c1-8-9-11-17(7,20)15(6)10-12-21-16(19)18(13(2)3)14(4)5/h10,12-15,20H,8-9,11H2,1-7H3/b12-10-/t15-,17+/m0/s1. The maximum absolute atomic E-state index is 12.0. The Morgan fingerprint density at radius 1 is 1.24 bits per heavy atom. The van der Waals surface area contributed by atoms with Gasteiger partial charge in [0.05, 0.1) is 11.9 Å². The summed E-state index contributed by atoms with van der Waals surface area (Å²) >= 11 is 0. The van der Waals surface area contributed by atoms with Crippen molar-refractivity contribution in [1.82, 2.24) is 4.90 Å². The van der Waals surface area contributed by atoms with E-state index in [-0.39, 0.29) is 24.1 Å². The summed E-state index contributed by atoms with van der Waals surface area (Å²) in [5.74, 6) is -0.0663. The lowest BCUT2D eigenvalue weighted by Crippen LogP contribution is -2.41. The van der Waals surface area contributed by atoms with Crippen LogP contribution in [-0.2, 0) is 4.74 Å². The molecule has 0 aliphatic rings. The van der Waals surface area contributed by atoms with E-state index in [9.17, 15) is 9.90 Å². The molecule has 4 nitrogen and oxygen atoms in total. The third-order valence-electron chi connectivity index (χ3n) is 3.88. The van der Waals surface area contributed by atoms with Crippen LogP contribution in [0, 0.1) is 5.92 Å². The van der Waals surface area contributed by atoms with E-state index in [0.29, 0.717) is 0 Å². The molecule has 0 rings (SSSR count). The highest BCUT2D eigenvalue weighted by atomic mass is 16.5. The average molecular weight is 299 g/mol. The van der Waals surface area contributed by atoms with Crippen LogP contribution in [-0.4, -0.2) is 33.8 Å². The first-order valence-corrected chi connectivity index (χ1v) is 8.01. The molecule has 0 saturated carbocycles. The third-order valence-corrected chi connectivity index (χ3v) is 3.88. The Bertz CT molecular complexity index is 327. The molecular formula is C17H33NO3. The van der Waals surface area contributed by atoms with Gasteiger partial charge in [-0.15, -0.1) is 0 Å². The molecule has 0 aromatic carbocycles. The number of rotatable bonds is 8. The smallest absolute Gasteiger partial charge is 0.415 e. The SMILES string of the molecule is CCCC[C@@](C)(O)[C@@H](C)/C=C\OC(=O)N(C(C)C)C(C)C. The minimum Gasteiger partial charge on any atom is -0.418 e. The summed E-state index contributed by atoms with van der Waals surface area (Å²) in [6.45, 7) is 13.7. The Balaban J connectivity index is 4.52. The lowest BCUT2D eigenvalue weighted by atomic mass is 9.86. The number of carbonyl (C=O) groups excluding carboxylic acids is 1. The van der Waals surface area contributed by atoms with Crippen molar-refractivity contribution >= 4 is 6.09 Å². The number of nitrogens with zero attached hydrogens (tertiary/aromatic N) is 1. The van der Waals surface area contributed by atoms with Crippen LogP contribution in [0.15, 0.2) is 12.3 Å². The Morgan fingerprint density at radius 3 is 2.19 bits per heavy atom. The first-order chi connectivity index (χ1) is 9.63. The van der Waals surface area contributed by atoms with Gasteiger partial charge in [0.15, 0.2) is 0 Å². The molecule has 4 heteroatoms. The molecule has 0 aliphatic carbocycles. The van der Waals surface area contributed by atoms with Crippen molar-refractivity contribution in [3.8, 4) is 0 Å². The number of hydrogen-bond acceptors (Lipinski definition) is 3. The number of unbranched alkanes of at least 4 members (excludes halogenated alkanes) is 1. The van der Waals surface area contributed by atoms with Crippen LogP contribution in [0.25, 0.3) is 0 Å². The molecule has 0 spiro atoms. The second kappa shape index (κ2) is 9.08. The molecule has 124 valence electrons. The van der Waals surface area contributed by atoms with E-state index in [1.807, 2.05) is 41.5 Å². The van der Waals surface area contributed by atoms with Gasteiger partial charge in [0.1, 0.15) is 0 Å². The second-order valence-corrected chi connectivity index (χ2v) is 6.56. The van der Waals surface area contributed by atoms with Crippen molar-refractivity contribution in [2.24, 2.45) is 5.92 Å². The maximum Gasteiger partial charge on any atom is 0.415 e. The quantitative estimate of drug-likeness (QED) is 0.679.